The molecule has 1 saturated heterocycles. The number of aromatic nitrogens is 3. The van der Waals surface area contributed by atoms with Crippen LogP contribution in [0, 0.1) is 17.0 Å². The monoisotopic (exact) mass is 321 g/mol. The SMILES string of the molecule is Cc1csc(N2CCN(c3ncc([N+](=O)[O-])c(N)n3)CC2)n1. The number of nitrogen functional groups attached to an aromatic ring is 1. The van der Waals surface area contributed by atoms with Gasteiger partial charge >= 0.3 is 5.69 Å². The average molecular weight is 321 g/mol. The molecule has 0 aliphatic carbocycles. The fourth-order valence-electron chi connectivity index (χ4n) is 2.26. The van der Waals surface area contributed by atoms with E-state index in [-0.39, 0.29) is 11.5 Å². The van der Waals surface area contributed by atoms with Gasteiger partial charge in [0.1, 0.15) is 6.20 Å². The molecule has 1 aliphatic rings. The summed E-state index contributed by atoms with van der Waals surface area (Å²) in [7, 11) is 0. The van der Waals surface area contributed by atoms with Crippen molar-refractivity contribution in [2.75, 3.05) is 41.7 Å². The smallest absolute Gasteiger partial charge is 0.329 e. The molecule has 9 nitrogen and oxygen atoms in total. The Balaban J connectivity index is 1.68. The molecule has 0 amide bonds. The van der Waals surface area contributed by atoms with Crippen LogP contribution in [0.15, 0.2) is 11.6 Å². The molecular weight excluding hydrogens is 306 g/mol. The lowest BCUT2D eigenvalue weighted by Gasteiger charge is -2.34. The maximum absolute atomic E-state index is 10.7. The van der Waals surface area contributed by atoms with Gasteiger partial charge in [-0.1, -0.05) is 0 Å². The lowest BCUT2D eigenvalue weighted by Crippen LogP contribution is -2.47. The number of anilines is 3. The minimum absolute atomic E-state index is 0.104. The molecule has 0 atom stereocenters. The molecule has 2 aromatic heterocycles. The van der Waals surface area contributed by atoms with E-state index in [1.165, 1.54) is 0 Å². The Bertz CT molecular complexity index is 697. The Morgan fingerprint density at radius 3 is 2.50 bits per heavy atom. The van der Waals surface area contributed by atoms with Crippen LogP contribution in [0.2, 0.25) is 0 Å². The molecule has 0 radical (unpaired) electrons. The normalized spacial score (nSPS) is 15.1. The predicted molar refractivity (Wildman–Crippen MR) is 84.4 cm³/mol. The van der Waals surface area contributed by atoms with Crippen molar-refractivity contribution in [2.45, 2.75) is 6.92 Å². The first-order valence-electron chi connectivity index (χ1n) is 6.73. The topological polar surface area (TPSA) is 114 Å². The van der Waals surface area contributed by atoms with Crippen LogP contribution in [0.1, 0.15) is 5.69 Å². The standard InChI is InChI=1S/C12H15N7O2S/c1-8-7-22-12(15-8)18-4-2-17(3-5-18)11-14-6-9(19(20)21)10(13)16-11/h6-7H,2-5H2,1H3,(H2,13,14,16). The van der Waals surface area contributed by atoms with Gasteiger partial charge in [-0.05, 0) is 6.92 Å². The van der Waals surface area contributed by atoms with Crippen molar-refractivity contribution < 1.29 is 4.92 Å². The molecule has 2 aromatic rings. The van der Waals surface area contributed by atoms with Crippen LogP contribution in [0.25, 0.3) is 0 Å². The van der Waals surface area contributed by atoms with E-state index in [2.05, 4.69) is 19.9 Å². The second kappa shape index (κ2) is 5.72. The summed E-state index contributed by atoms with van der Waals surface area (Å²) in [4.78, 5) is 26.9. The Kier molecular flexibility index (Phi) is 3.75. The zero-order chi connectivity index (χ0) is 15.7. The average Bonchev–Trinajstić information content (AvgIpc) is 2.93. The first-order valence-corrected chi connectivity index (χ1v) is 7.61. The summed E-state index contributed by atoms with van der Waals surface area (Å²) < 4.78 is 0. The van der Waals surface area contributed by atoms with Crippen LogP contribution in [-0.2, 0) is 0 Å². The van der Waals surface area contributed by atoms with Gasteiger partial charge in [0, 0.05) is 31.6 Å². The van der Waals surface area contributed by atoms with Crippen molar-refractivity contribution in [3.63, 3.8) is 0 Å². The van der Waals surface area contributed by atoms with Crippen LogP contribution in [0.4, 0.5) is 22.6 Å². The number of piperazine rings is 1. The molecule has 3 heterocycles. The van der Waals surface area contributed by atoms with E-state index in [9.17, 15) is 10.1 Å². The highest BCUT2D eigenvalue weighted by atomic mass is 32.1. The minimum Gasteiger partial charge on any atom is -0.378 e. The van der Waals surface area contributed by atoms with Gasteiger partial charge in [0.05, 0.1) is 10.6 Å². The van der Waals surface area contributed by atoms with Crippen molar-refractivity contribution in [1.82, 2.24) is 15.0 Å². The van der Waals surface area contributed by atoms with E-state index >= 15 is 0 Å². The maximum atomic E-state index is 10.7. The summed E-state index contributed by atoms with van der Waals surface area (Å²) in [6.07, 6.45) is 1.16. The second-order valence-corrected chi connectivity index (χ2v) is 5.78. The summed E-state index contributed by atoms with van der Waals surface area (Å²) in [6, 6.07) is 0. The van der Waals surface area contributed by atoms with Crippen molar-refractivity contribution in [3.8, 4) is 0 Å². The Morgan fingerprint density at radius 2 is 1.95 bits per heavy atom. The maximum Gasteiger partial charge on any atom is 0.329 e. The number of rotatable bonds is 3. The third kappa shape index (κ3) is 2.77. The second-order valence-electron chi connectivity index (χ2n) is 4.94. The predicted octanol–water partition coefficient (Wildman–Crippen LogP) is 1.06. The summed E-state index contributed by atoms with van der Waals surface area (Å²) in [5.74, 6) is 0.325. The lowest BCUT2D eigenvalue weighted by atomic mass is 10.3. The molecule has 0 saturated carbocycles. The van der Waals surface area contributed by atoms with E-state index in [1.54, 1.807) is 11.3 Å². The molecule has 10 heteroatoms. The highest BCUT2D eigenvalue weighted by Crippen LogP contribution is 2.24. The van der Waals surface area contributed by atoms with Crippen LogP contribution in [0.5, 0.6) is 0 Å². The van der Waals surface area contributed by atoms with Gasteiger partial charge in [-0.15, -0.1) is 11.3 Å². The number of hydrogen-bond donors (Lipinski definition) is 1. The third-order valence-electron chi connectivity index (χ3n) is 3.42. The summed E-state index contributed by atoms with van der Waals surface area (Å²) in [5.41, 5.74) is 6.37. The van der Waals surface area contributed by atoms with E-state index < -0.39 is 4.92 Å². The lowest BCUT2D eigenvalue weighted by molar-refractivity contribution is -0.384. The van der Waals surface area contributed by atoms with Gasteiger partial charge in [-0.2, -0.15) is 4.98 Å². The molecule has 0 bridgehead atoms. The van der Waals surface area contributed by atoms with Crippen molar-refractivity contribution in [3.05, 3.63) is 27.4 Å². The van der Waals surface area contributed by atoms with Gasteiger partial charge in [-0.3, -0.25) is 10.1 Å². The fraction of sp³-hybridized carbons (Fsp3) is 0.417. The van der Waals surface area contributed by atoms with Crippen LogP contribution >= 0.6 is 11.3 Å². The number of nitro groups is 1. The molecule has 0 unspecified atom stereocenters. The number of aryl methyl sites for hydroxylation is 1. The van der Waals surface area contributed by atoms with E-state index in [1.807, 2.05) is 17.2 Å². The molecule has 1 aliphatic heterocycles. The highest BCUT2D eigenvalue weighted by Gasteiger charge is 2.23. The zero-order valence-corrected chi connectivity index (χ0v) is 12.8. The first kappa shape index (κ1) is 14.4. The Labute approximate surface area is 130 Å². The first-order chi connectivity index (χ1) is 10.5. The molecule has 116 valence electrons. The van der Waals surface area contributed by atoms with E-state index in [0.717, 1.165) is 43.2 Å². The quantitative estimate of drug-likeness (QED) is 0.659. The number of nitrogens with two attached hydrogens (primary N) is 1. The van der Waals surface area contributed by atoms with Gasteiger partial charge < -0.3 is 15.5 Å². The molecule has 0 spiro atoms. The van der Waals surface area contributed by atoms with Crippen LogP contribution in [-0.4, -0.2) is 46.1 Å². The summed E-state index contributed by atoms with van der Waals surface area (Å²) >= 11 is 1.63. The molecule has 2 N–H and O–H groups in total. The molecule has 22 heavy (non-hydrogen) atoms. The summed E-state index contributed by atoms with van der Waals surface area (Å²) in [6.45, 7) is 5.01. The number of thiazole rings is 1. The molecule has 0 aromatic carbocycles. The Hall–Kier alpha value is -2.49. The van der Waals surface area contributed by atoms with Gasteiger partial charge in [0.2, 0.25) is 11.8 Å². The van der Waals surface area contributed by atoms with Gasteiger partial charge in [0.25, 0.3) is 0 Å². The van der Waals surface area contributed by atoms with Crippen molar-refractivity contribution >= 4 is 33.9 Å². The number of nitrogens with zero attached hydrogens (tertiary/aromatic N) is 6. The third-order valence-corrected chi connectivity index (χ3v) is 4.44. The van der Waals surface area contributed by atoms with Gasteiger partial charge in [0.15, 0.2) is 5.13 Å². The van der Waals surface area contributed by atoms with Crippen molar-refractivity contribution in [2.24, 2.45) is 0 Å². The summed E-state index contributed by atoms with van der Waals surface area (Å²) in [5, 5.41) is 13.8. The molecule has 3 rings (SSSR count). The van der Waals surface area contributed by atoms with Gasteiger partial charge in [-0.25, -0.2) is 9.97 Å². The van der Waals surface area contributed by atoms with E-state index in [4.69, 9.17) is 5.73 Å². The fourth-order valence-corrected chi connectivity index (χ4v) is 3.11. The minimum atomic E-state index is -0.582. The highest BCUT2D eigenvalue weighted by molar-refractivity contribution is 7.13. The van der Waals surface area contributed by atoms with Crippen LogP contribution in [0.3, 0.4) is 0 Å². The van der Waals surface area contributed by atoms with Crippen molar-refractivity contribution in [1.29, 1.82) is 0 Å². The van der Waals surface area contributed by atoms with E-state index in [0.29, 0.717) is 5.95 Å². The van der Waals surface area contributed by atoms with Crippen LogP contribution < -0.4 is 15.5 Å². The molecular formula is C12H15N7O2S. The molecule has 1 fully saturated rings. The number of hydrogen-bond acceptors (Lipinski definition) is 9. The Morgan fingerprint density at radius 1 is 1.27 bits per heavy atom. The zero-order valence-electron chi connectivity index (χ0n) is 12.0. The largest absolute Gasteiger partial charge is 0.378 e.